The first kappa shape index (κ1) is 52.5. The van der Waals surface area contributed by atoms with E-state index in [1.807, 2.05) is 61.8 Å². The maximum absolute atomic E-state index is 13.3. The van der Waals surface area contributed by atoms with Crippen molar-refractivity contribution in [2.75, 3.05) is 11.9 Å². The standard InChI is InChI=1S/C23H20N2O2.2CHF3O3S.5H3N.Os/c1-24-13-12-17-18(15-8-4-2-5-9-15)14-19-20(21(17)24)23(27)25(22(19)26)16-10-6-3-7-11-16;2*2-1(3,4)8(5,6)7;;;;;;/h2-13,19-21H,14H2,1H3;2*(H,5,6,7);5*1H3;/q;;;;;;;;+2/p-2. The number of halogens is 6. The molecule has 1 saturated heterocycles. The van der Waals surface area contributed by atoms with Gasteiger partial charge in [-0.2, -0.15) is 26.3 Å². The number of fused-ring (bicyclic) bond motifs is 3. The van der Waals surface area contributed by atoms with Crippen LogP contribution in [0.5, 0.6) is 0 Å². The minimum absolute atomic E-state index is 0. The minimum atomic E-state index is -6.09. The molecule has 0 spiro atoms. The number of amides is 2. The van der Waals surface area contributed by atoms with E-state index in [0.29, 0.717) is 12.1 Å². The Hall–Kier alpha value is -3.30. The largest absolute Gasteiger partial charge is 2.00 e. The van der Waals surface area contributed by atoms with Gasteiger partial charge in [0.2, 0.25) is 11.8 Å². The van der Waals surface area contributed by atoms with E-state index in [4.69, 9.17) is 25.9 Å². The first-order valence-electron chi connectivity index (χ1n) is 11.8. The molecule has 49 heavy (non-hydrogen) atoms. The average molecular weight is 930 g/mol. The van der Waals surface area contributed by atoms with Crippen molar-refractivity contribution in [3.63, 3.8) is 0 Å². The van der Waals surface area contributed by atoms with E-state index in [-0.39, 0.29) is 80.2 Å². The monoisotopic (exact) mass is 931 g/mol. The summed E-state index contributed by atoms with van der Waals surface area (Å²) in [6.07, 6.45) is 4.73. The van der Waals surface area contributed by atoms with E-state index >= 15 is 0 Å². The Bertz CT molecular complexity index is 1620. The molecule has 2 amide bonds. The molecular weight excluding hydrogens is 895 g/mol. The molecule has 0 radical (unpaired) electrons. The number of allylic oxidation sites excluding steroid dienone is 1. The molecule has 2 heterocycles. The van der Waals surface area contributed by atoms with E-state index in [0.717, 1.165) is 5.56 Å². The van der Waals surface area contributed by atoms with Crippen LogP contribution in [-0.2, 0) is 49.6 Å². The molecule has 3 aliphatic rings. The van der Waals surface area contributed by atoms with Crippen LogP contribution in [0.15, 0.2) is 78.5 Å². The van der Waals surface area contributed by atoms with Crippen LogP contribution in [0.1, 0.15) is 12.0 Å². The normalized spacial score (nSPS) is 19.2. The van der Waals surface area contributed by atoms with Gasteiger partial charge in [-0.05, 0) is 47.5 Å². The fourth-order valence-electron chi connectivity index (χ4n) is 4.75. The Morgan fingerprint density at radius 2 is 1.10 bits per heavy atom. The summed E-state index contributed by atoms with van der Waals surface area (Å²) in [6.45, 7) is 0. The molecule has 2 aromatic carbocycles. The van der Waals surface area contributed by atoms with Crippen LogP contribution in [-0.4, -0.2) is 66.8 Å². The molecule has 0 saturated carbocycles. The minimum Gasteiger partial charge on any atom is -0.741 e. The molecule has 1 fully saturated rings. The van der Waals surface area contributed by atoms with Crippen molar-refractivity contribution in [2.24, 2.45) is 11.8 Å². The van der Waals surface area contributed by atoms with Crippen LogP contribution >= 0.6 is 0 Å². The second-order valence-corrected chi connectivity index (χ2v) is 12.0. The van der Waals surface area contributed by atoms with Gasteiger partial charge in [0.1, 0.15) is 0 Å². The molecular formula is C25H35F6N7O8OsS2. The summed E-state index contributed by atoms with van der Waals surface area (Å²) in [7, 11) is -10.2. The van der Waals surface area contributed by atoms with Gasteiger partial charge in [-0.25, -0.2) is 21.7 Å². The maximum Gasteiger partial charge on any atom is 2.00 e. The number of anilines is 1. The van der Waals surface area contributed by atoms with Gasteiger partial charge in [-0.15, -0.1) is 0 Å². The van der Waals surface area contributed by atoms with Gasteiger partial charge in [0.25, 0.3) is 0 Å². The summed E-state index contributed by atoms with van der Waals surface area (Å²) < 4.78 is 118. The van der Waals surface area contributed by atoms with Gasteiger partial charge >= 0.3 is 30.8 Å². The third kappa shape index (κ3) is 11.6. The first-order chi connectivity index (χ1) is 19.7. The van der Waals surface area contributed by atoms with Crippen molar-refractivity contribution >= 4 is 43.3 Å². The molecule has 0 aromatic heterocycles. The fraction of sp³-hybridized carbons (Fsp3) is 0.280. The van der Waals surface area contributed by atoms with E-state index < -0.39 is 31.3 Å². The van der Waals surface area contributed by atoms with E-state index in [9.17, 15) is 35.9 Å². The van der Waals surface area contributed by atoms with Crippen LogP contribution in [0.2, 0.25) is 0 Å². The topological polar surface area (TPSA) is 330 Å². The number of rotatable bonds is 2. The van der Waals surface area contributed by atoms with Crippen molar-refractivity contribution < 1.29 is 81.7 Å². The Labute approximate surface area is 291 Å². The van der Waals surface area contributed by atoms with Crippen molar-refractivity contribution in [3.8, 4) is 0 Å². The summed E-state index contributed by atoms with van der Waals surface area (Å²) in [5.74, 6) is -0.811. The number of alkyl halides is 6. The molecule has 2 aromatic rings. The second-order valence-electron chi connectivity index (χ2n) is 9.21. The molecule has 15 nitrogen and oxygen atoms in total. The van der Waals surface area contributed by atoms with E-state index in [1.165, 1.54) is 16.0 Å². The van der Waals surface area contributed by atoms with Gasteiger partial charge in [0, 0.05) is 7.05 Å². The quantitative estimate of drug-likeness (QED) is 0.121. The van der Waals surface area contributed by atoms with E-state index in [1.54, 1.807) is 0 Å². The number of hydrogen-bond donors (Lipinski definition) is 5. The molecule has 3 atom stereocenters. The van der Waals surface area contributed by atoms with Gasteiger partial charge in [0.05, 0.1) is 23.6 Å². The predicted molar refractivity (Wildman–Crippen MR) is 161 cm³/mol. The fourth-order valence-corrected chi connectivity index (χ4v) is 4.75. The zero-order valence-electron chi connectivity index (χ0n) is 25.5. The summed E-state index contributed by atoms with van der Waals surface area (Å²) in [5.41, 5.74) is -7.15. The number of carbonyl (C=O) groups is 2. The molecule has 3 unspecified atom stereocenters. The van der Waals surface area contributed by atoms with Crippen LogP contribution in [0, 0.1) is 11.8 Å². The summed E-state index contributed by atoms with van der Waals surface area (Å²) in [4.78, 5) is 30.1. The molecule has 2 aliphatic heterocycles. The van der Waals surface area contributed by atoms with E-state index in [2.05, 4.69) is 23.1 Å². The Morgan fingerprint density at radius 3 is 1.49 bits per heavy atom. The van der Waals surface area contributed by atoms with Crippen molar-refractivity contribution in [3.05, 3.63) is 84.1 Å². The van der Waals surface area contributed by atoms with Gasteiger partial charge in [0.15, 0.2) is 20.2 Å². The number of carbonyl (C=O) groups excluding carboxylic acids is 2. The number of likely N-dealkylation sites (N-methyl/N-ethyl adjacent to an activating group) is 1. The molecule has 1 aliphatic carbocycles. The smallest absolute Gasteiger partial charge is 0.741 e. The summed E-state index contributed by atoms with van der Waals surface area (Å²) >= 11 is 0. The van der Waals surface area contributed by atoms with Crippen molar-refractivity contribution in [1.29, 1.82) is 0 Å². The van der Waals surface area contributed by atoms with Crippen LogP contribution in [0.3, 0.4) is 0 Å². The average Bonchev–Trinajstić information content (AvgIpc) is 3.39. The third-order valence-electron chi connectivity index (χ3n) is 6.54. The van der Waals surface area contributed by atoms with Crippen LogP contribution < -0.4 is 35.7 Å². The van der Waals surface area contributed by atoms with Gasteiger partial charge < -0.3 is 44.8 Å². The Morgan fingerprint density at radius 1 is 0.714 bits per heavy atom. The van der Waals surface area contributed by atoms with Crippen LogP contribution in [0.4, 0.5) is 32.0 Å². The SMILES string of the molecule is CN1C=CC2=C(c3ccccc3)CC3C(=O)N(c4ccccc4)C(=O)C3C21.N.N.N.N.N.O=S(=O)([O-])C(F)(F)F.O=S(=O)([O-])C(F)(F)F.[Os+2]. The second kappa shape index (κ2) is 19.2. The van der Waals surface area contributed by atoms with Gasteiger partial charge in [-0.3, -0.25) is 9.59 Å². The zero-order chi connectivity index (χ0) is 32.5. The number of nitrogens with zero attached hydrogens (tertiary/aromatic N) is 2. The van der Waals surface area contributed by atoms with Crippen molar-refractivity contribution in [1.82, 2.24) is 35.7 Å². The Balaban J connectivity index is -0.000000394. The molecule has 280 valence electrons. The van der Waals surface area contributed by atoms with Crippen molar-refractivity contribution in [2.45, 2.75) is 23.5 Å². The molecule has 0 bridgehead atoms. The van der Waals surface area contributed by atoms with Gasteiger partial charge in [-0.1, -0.05) is 48.5 Å². The maximum atomic E-state index is 13.3. The number of benzene rings is 2. The summed E-state index contributed by atoms with van der Waals surface area (Å²) in [5, 5.41) is 0. The number of para-hydroxylation sites is 1. The predicted octanol–water partition coefficient (Wildman–Crippen LogP) is 4.39. The molecule has 24 heteroatoms. The first-order valence-corrected chi connectivity index (χ1v) is 14.6. The molecule has 15 N–H and O–H groups in total. The zero-order valence-corrected chi connectivity index (χ0v) is 29.7. The number of hydrogen-bond acceptors (Lipinski definition) is 14. The third-order valence-corrected chi connectivity index (χ3v) is 7.67. The van der Waals surface area contributed by atoms with Crippen LogP contribution in [0.25, 0.3) is 5.57 Å². The summed E-state index contributed by atoms with van der Waals surface area (Å²) in [6, 6.07) is 19.4. The Kier molecular flexibility index (Phi) is 20.6. The molecule has 5 rings (SSSR count). The number of imide groups is 1.